The topological polar surface area (TPSA) is 98.2 Å². The molecule has 1 aliphatic carbocycles. The highest BCUT2D eigenvalue weighted by Crippen LogP contribution is 2.30. The minimum absolute atomic E-state index is 0.323. The molecule has 0 aromatic heterocycles. The molecule has 0 aromatic rings. The van der Waals surface area contributed by atoms with Crippen molar-refractivity contribution < 1.29 is 8.42 Å². The second kappa shape index (κ2) is 2.71. The van der Waals surface area contributed by atoms with Crippen molar-refractivity contribution in [3.05, 3.63) is 0 Å². The molecule has 6 heteroatoms. The zero-order chi connectivity index (χ0) is 8.54. The van der Waals surface area contributed by atoms with Gasteiger partial charge in [0, 0.05) is 12.1 Å². The van der Waals surface area contributed by atoms with Gasteiger partial charge in [0.25, 0.3) is 10.2 Å². The van der Waals surface area contributed by atoms with E-state index in [4.69, 9.17) is 10.9 Å². The van der Waals surface area contributed by atoms with E-state index in [2.05, 4.69) is 4.72 Å². The Morgan fingerprint density at radius 3 is 2.09 bits per heavy atom. The molecule has 5 nitrogen and oxygen atoms in total. The standard InChI is InChI=1S/C5H13N3O2S/c6-4-5(2-1-3-5)8-11(7,9)10/h8H,1-4,6H2,(H2,7,9,10). The molecule has 0 spiro atoms. The average molecular weight is 179 g/mol. The Labute approximate surface area is 66.3 Å². The van der Waals surface area contributed by atoms with Gasteiger partial charge in [-0.1, -0.05) is 0 Å². The van der Waals surface area contributed by atoms with Crippen LogP contribution in [0.5, 0.6) is 0 Å². The molecule has 0 saturated heterocycles. The molecule has 1 rings (SSSR count). The van der Waals surface area contributed by atoms with Crippen molar-refractivity contribution in [3.63, 3.8) is 0 Å². The third kappa shape index (κ3) is 2.13. The summed E-state index contributed by atoms with van der Waals surface area (Å²) in [6, 6.07) is 0. The van der Waals surface area contributed by atoms with Crippen molar-refractivity contribution in [2.24, 2.45) is 10.9 Å². The quantitative estimate of drug-likeness (QED) is 0.500. The molecule has 11 heavy (non-hydrogen) atoms. The first-order chi connectivity index (χ1) is 4.97. The lowest BCUT2D eigenvalue weighted by Crippen LogP contribution is -2.59. The van der Waals surface area contributed by atoms with E-state index in [1.54, 1.807) is 0 Å². The second-order valence-electron chi connectivity index (χ2n) is 2.99. The second-order valence-corrected chi connectivity index (χ2v) is 4.28. The molecule has 0 amide bonds. The van der Waals surface area contributed by atoms with Gasteiger partial charge in [0.2, 0.25) is 0 Å². The monoisotopic (exact) mass is 179 g/mol. The van der Waals surface area contributed by atoms with E-state index in [-0.39, 0.29) is 0 Å². The summed E-state index contributed by atoms with van der Waals surface area (Å²) in [5.41, 5.74) is 4.96. The van der Waals surface area contributed by atoms with Gasteiger partial charge in [-0.3, -0.25) is 0 Å². The summed E-state index contributed by atoms with van der Waals surface area (Å²) in [7, 11) is -3.58. The van der Waals surface area contributed by atoms with Crippen molar-refractivity contribution in [1.82, 2.24) is 4.72 Å². The first-order valence-corrected chi connectivity index (χ1v) is 5.04. The summed E-state index contributed by atoms with van der Waals surface area (Å²) in [4.78, 5) is 0. The Bertz CT molecular complexity index is 227. The SMILES string of the molecule is NCC1(NS(N)(=O)=O)CCC1. The Hall–Kier alpha value is -0.170. The highest BCUT2D eigenvalue weighted by molar-refractivity contribution is 7.87. The van der Waals surface area contributed by atoms with E-state index in [1.165, 1.54) is 0 Å². The first kappa shape index (κ1) is 8.92. The van der Waals surface area contributed by atoms with Crippen LogP contribution in [-0.2, 0) is 10.2 Å². The van der Waals surface area contributed by atoms with E-state index in [0.29, 0.717) is 6.54 Å². The van der Waals surface area contributed by atoms with Crippen LogP contribution >= 0.6 is 0 Å². The molecule has 5 N–H and O–H groups in total. The molecule has 0 atom stereocenters. The van der Waals surface area contributed by atoms with E-state index in [0.717, 1.165) is 19.3 Å². The molecule has 66 valence electrons. The lowest BCUT2D eigenvalue weighted by Gasteiger charge is -2.40. The molecule has 0 unspecified atom stereocenters. The summed E-state index contributed by atoms with van der Waals surface area (Å²) in [5.74, 6) is 0. The zero-order valence-corrected chi connectivity index (χ0v) is 7.02. The Balaban J connectivity index is 2.59. The maximum atomic E-state index is 10.6. The number of nitrogens with two attached hydrogens (primary N) is 2. The summed E-state index contributed by atoms with van der Waals surface area (Å²) < 4.78 is 23.6. The van der Waals surface area contributed by atoms with E-state index in [1.807, 2.05) is 0 Å². The minimum atomic E-state index is -3.58. The van der Waals surface area contributed by atoms with Crippen molar-refractivity contribution in [2.45, 2.75) is 24.8 Å². The van der Waals surface area contributed by atoms with Gasteiger partial charge >= 0.3 is 0 Å². The molecule has 0 aromatic carbocycles. The average Bonchev–Trinajstić information content (AvgIpc) is 1.77. The third-order valence-electron chi connectivity index (χ3n) is 2.06. The zero-order valence-electron chi connectivity index (χ0n) is 6.21. The van der Waals surface area contributed by atoms with Gasteiger partial charge in [-0.25, -0.2) is 5.14 Å². The Kier molecular flexibility index (Phi) is 2.19. The van der Waals surface area contributed by atoms with Gasteiger partial charge in [0.05, 0.1) is 0 Å². The number of nitrogens with one attached hydrogen (secondary N) is 1. The summed E-state index contributed by atoms with van der Waals surface area (Å²) >= 11 is 0. The molecular formula is C5H13N3O2S. The lowest BCUT2D eigenvalue weighted by molar-refractivity contribution is 0.231. The van der Waals surface area contributed by atoms with Crippen LogP contribution in [-0.4, -0.2) is 20.5 Å². The lowest BCUT2D eigenvalue weighted by atomic mass is 9.78. The molecule has 0 heterocycles. The van der Waals surface area contributed by atoms with E-state index in [9.17, 15) is 8.42 Å². The maximum Gasteiger partial charge on any atom is 0.274 e. The van der Waals surface area contributed by atoms with Crippen LogP contribution in [0.3, 0.4) is 0 Å². The van der Waals surface area contributed by atoms with Crippen molar-refractivity contribution in [1.29, 1.82) is 0 Å². The van der Waals surface area contributed by atoms with Gasteiger partial charge in [-0.05, 0) is 19.3 Å². The van der Waals surface area contributed by atoms with Crippen molar-refractivity contribution in [3.8, 4) is 0 Å². The number of rotatable bonds is 3. The predicted molar refractivity (Wildman–Crippen MR) is 41.9 cm³/mol. The van der Waals surface area contributed by atoms with Gasteiger partial charge in [0.1, 0.15) is 0 Å². The molecule has 1 saturated carbocycles. The molecule has 0 bridgehead atoms. The molecule has 1 fully saturated rings. The Morgan fingerprint density at radius 1 is 1.45 bits per heavy atom. The van der Waals surface area contributed by atoms with Crippen LogP contribution in [0, 0.1) is 0 Å². The van der Waals surface area contributed by atoms with Gasteiger partial charge < -0.3 is 5.73 Å². The fraction of sp³-hybridized carbons (Fsp3) is 1.00. The van der Waals surface area contributed by atoms with Crippen LogP contribution in [0.15, 0.2) is 0 Å². The van der Waals surface area contributed by atoms with Crippen LogP contribution in [0.25, 0.3) is 0 Å². The first-order valence-electron chi connectivity index (χ1n) is 3.49. The normalized spacial score (nSPS) is 22.7. The molecule has 0 radical (unpaired) electrons. The van der Waals surface area contributed by atoms with Gasteiger partial charge in [0.15, 0.2) is 0 Å². The largest absolute Gasteiger partial charge is 0.329 e. The van der Waals surface area contributed by atoms with Crippen LogP contribution < -0.4 is 15.6 Å². The number of hydrogen-bond donors (Lipinski definition) is 3. The third-order valence-corrected chi connectivity index (χ3v) is 2.78. The molecule has 0 aliphatic heterocycles. The van der Waals surface area contributed by atoms with Crippen LogP contribution in [0.1, 0.15) is 19.3 Å². The summed E-state index contributed by atoms with van der Waals surface area (Å²) in [5, 5.41) is 4.81. The predicted octanol–water partition coefficient (Wildman–Crippen LogP) is -1.34. The van der Waals surface area contributed by atoms with E-state index < -0.39 is 15.7 Å². The minimum Gasteiger partial charge on any atom is -0.329 e. The highest BCUT2D eigenvalue weighted by atomic mass is 32.2. The number of hydrogen-bond acceptors (Lipinski definition) is 3. The highest BCUT2D eigenvalue weighted by Gasteiger charge is 2.38. The van der Waals surface area contributed by atoms with Crippen LogP contribution in [0.2, 0.25) is 0 Å². The van der Waals surface area contributed by atoms with Crippen molar-refractivity contribution in [2.75, 3.05) is 6.54 Å². The fourth-order valence-corrected chi connectivity index (χ4v) is 2.14. The maximum absolute atomic E-state index is 10.6. The fourth-order valence-electron chi connectivity index (χ4n) is 1.25. The van der Waals surface area contributed by atoms with Gasteiger partial charge in [-0.2, -0.15) is 13.1 Å². The van der Waals surface area contributed by atoms with E-state index >= 15 is 0 Å². The Morgan fingerprint density at radius 2 is 2.00 bits per heavy atom. The summed E-state index contributed by atoms with van der Waals surface area (Å²) in [6.45, 7) is 0.323. The molecule has 1 aliphatic rings. The van der Waals surface area contributed by atoms with Gasteiger partial charge in [-0.15, -0.1) is 0 Å². The summed E-state index contributed by atoms with van der Waals surface area (Å²) in [6.07, 6.45) is 2.60. The van der Waals surface area contributed by atoms with Crippen molar-refractivity contribution >= 4 is 10.2 Å². The van der Waals surface area contributed by atoms with Crippen LogP contribution in [0.4, 0.5) is 0 Å². The smallest absolute Gasteiger partial charge is 0.274 e. The molecular weight excluding hydrogens is 166 g/mol.